The van der Waals surface area contributed by atoms with Gasteiger partial charge in [0.05, 0.1) is 6.54 Å². The van der Waals surface area contributed by atoms with E-state index in [1.54, 1.807) is 47.7 Å². The molecule has 0 aliphatic rings. The summed E-state index contributed by atoms with van der Waals surface area (Å²) in [6, 6.07) is 5.21. The van der Waals surface area contributed by atoms with E-state index in [4.69, 9.17) is 0 Å². The van der Waals surface area contributed by atoms with Crippen molar-refractivity contribution in [1.29, 1.82) is 0 Å². The van der Waals surface area contributed by atoms with Crippen LogP contribution in [0.4, 0.5) is 10.8 Å². The van der Waals surface area contributed by atoms with Gasteiger partial charge in [0.25, 0.3) is 5.91 Å². The lowest BCUT2D eigenvalue weighted by molar-refractivity contribution is -0.116. The average Bonchev–Trinajstić information content (AvgIpc) is 3.28. The molecule has 0 radical (unpaired) electrons. The standard InChI is InChI=1S/C16H16N6O2S/c1-11-12(15(24)21-16-18-6-8-25-16)3-2-4-13(11)20-14(23)5-7-22-10-17-9-19-22/h2-4,6,8-10H,5,7H2,1H3,(H,20,23)(H,18,21,24). The van der Waals surface area contributed by atoms with Gasteiger partial charge in [0.2, 0.25) is 5.91 Å². The minimum Gasteiger partial charge on any atom is -0.326 e. The molecule has 0 spiro atoms. The first-order valence-corrected chi connectivity index (χ1v) is 8.44. The van der Waals surface area contributed by atoms with E-state index in [1.165, 1.54) is 17.7 Å². The predicted octanol–water partition coefficient (Wildman–Crippen LogP) is 2.32. The minimum absolute atomic E-state index is 0.156. The number of hydrogen-bond acceptors (Lipinski definition) is 6. The van der Waals surface area contributed by atoms with Crippen molar-refractivity contribution in [1.82, 2.24) is 19.7 Å². The molecule has 0 fully saturated rings. The number of nitrogens with zero attached hydrogens (tertiary/aromatic N) is 4. The van der Waals surface area contributed by atoms with E-state index in [1.807, 2.05) is 0 Å². The van der Waals surface area contributed by atoms with Crippen molar-refractivity contribution in [2.45, 2.75) is 19.9 Å². The number of carbonyl (C=O) groups excluding carboxylic acids is 2. The van der Waals surface area contributed by atoms with Gasteiger partial charge >= 0.3 is 0 Å². The summed E-state index contributed by atoms with van der Waals surface area (Å²) in [5.41, 5.74) is 1.80. The highest BCUT2D eigenvalue weighted by Crippen LogP contribution is 2.21. The zero-order valence-corrected chi connectivity index (χ0v) is 14.3. The van der Waals surface area contributed by atoms with Gasteiger partial charge in [-0.1, -0.05) is 6.07 Å². The highest BCUT2D eigenvalue weighted by atomic mass is 32.1. The average molecular weight is 356 g/mol. The van der Waals surface area contributed by atoms with E-state index in [0.29, 0.717) is 28.5 Å². The maximum Gasteiger partial charge on any atom is 0.257 e. The molecule has 3 aromatic rings. The fraction of sp³-hybridized carbons (Fsp3) is 0.188. The van der Waals surface area contributed by atoms with Crippen molar-refractivity contribution >= 4 is 34.0 Å². The molecular weight excluding hydrogens is 340 g/mol. The zero-order valence-electron chi connectivity index (χ0n) is 13.5. The SMILES string of the molecule is Cc1c(NC(=O)CCn2cncn2)cccc1C(=O)Nc1nccs1. The highest BCUT2D eigenvalue weighted by Gasteiger charge is 2.14. The van der Waals surface area contributed by atoms with E-state index in [9.17, 15) is 9.59 Å². The van der Waals surface area contributed by atoms with Gasteiger partial charge in [-0.25, -0.2) is 9.97 Å². The highest BCUT2D eigenvalue weighted by molar-refractivity contribution is 7.13. The van der Waals surface area contributed by atoms with Gasteiger partial charge in [-0.05, 0) is 24.6 Å². The third-order valence-corrected chi connectivity index (χ3v) is 4.23. The van der Waals surface area contributed by atoms with Gasteiger partial charge in [-0.2, -0.15) is 5.10 Å². The van der Waals surface area contributed by atoms with Gasteiger partial charge in [0.15, 0.2) is 5.13 Å². The number of carbonyl (C=O) groups is 2. The lowest BCUT2D eigenvalue weighted by Gasteiger charge is -2.12. The Balaban J connectivity index is 1.65. The van der Waals surface area contributed by atoms with Crippen molar-refractivity contribution in [3.8, 4) is 0 Å². The summed E-state index contributed by atoms with van der Waals surface area (Å²) in [7, 11) is 0. The van der Waals surface area contributed by atoms with E-state index < -0.39 is 0 Å². The summed E-state index contributed by atoms with van der Waals surface area (Å²) in [5, 5.41) is 11.8. The second-order valence-corrected chi connectivity index (χ2v) is 6.12. The number of thiazole rings is 1. The van der Waals surface area contributed by atoms with Crippen LogP contribution in [-0.4, -0.2) is 31.6 Å². The van der Waals surface area contributed by atoms with Gasteiger partial charge in [0, 0.05) is 29.2 Å². The van der Waals surface area contributed by atoms with E-state index >= 15 is 0 Å². The molecule has 128 valence electrons. The molecule has 9 heteroatoms. The molecule has 3 rings (SSSR count). The van der Waals surface area contributed by atoms with Crippen LogP contribution < -0.4 is 10.6 Å². The van der Waals surface area contributed by atoms with Crippen molar-refractivity contribution < 1.29 is 9.59 Å². The second kappa shape index (κ2) is 7.67. The number of hydrogen-bond donors (Lipinski definition) is 2. The molecule has 25 heavy (non-hydrogen) atoms. The third kappa shape index (κ3) is 4.27. The molecular formula is C16H16N6O2S. The Bertz CT molecular complexity index is 861. The Hall–Kier alpha value is -3.07. The number of aromatic nitrogens is 4. The van der Waals surface area contributed by atoms with Crippen LogP contribution in [0.25, 0.3) is 0 Å². The van der Waals surface area contributed by atoms with Crippen LogP contribution in [0.1, 0.15) is 22.3 Å². The quantitative estimate of drug-likeness (QED) is 0.706. The monoisotopic (exact) mass is 356 g/mol. The second-order valence-electron chi connectivity index (χ2n) is 5.23. The van der Waals surface area contributed by atoms with Crippen LogP contribution in [0.5, 0.6) is 0 Å². The van der Waals surface area contributed by atoms with Crippen LogP contribution in [0.15, 0.2) is 42.4 Å². The number of anilines is 2. The Morgan fingerprint density at radius 3 is 2.88 bits per heavy atom. The molecule has 2 heterocycles. The van der Waals surface area contributed by atoms with Crippen molar-refractivity contribution in [2.24, 2.45) is 0 Å². The molecule has 0 aliphatic heterocycles. The Morgan fingerprint density at radius 1 is 1.28 bits per heavy atom. The van der Waals surface area contributed by atoms with E-state index in [2.05, 4.69) is 25.7 Å². The molecule has 2 amide bonds. The molecule has 0 saturated heterocycles. The lowest BCUT2D eigenvalue weighted by Crippen LogP contribution is -2.18. The Kier molecular flexibility index (Phi) is 5.14. The van der Waals surface area contributed by atoms with Crippen LogP contribution in [0, 0.1) is 6.92 Å². The van der Waals surface area contributed by atoms with Crippen LogP contribution in [0.3, 0.4) is 0 Å². The van der Waals surface area contributed by atoms with Crippen molar-refractivity contribution in [3.05, 3.63) is 53.6 Å². The van der Waals surface area contributed by atoms with Crippen molar-refractivity contribution in [3.63, 3.8) is 0 Å². The summed E-state index contributed by atoms with van der Waals surface area (Å²) in [5.74, 6) is -0.415. The van der Waals surface area contributed by atoms with Gasteiger partial charge < -0.3 is 5.32 Å². The largest absolute Gasteiger partial charge is 0.326 e. The van der Waals surface area contributed by atoms with Gasteiger partial charge in [-0.3, -0.25) is 19.6 Å². The summed E-state index contributed by atoms with van der Waals surface area (Å²) < 4.78 is 1.59. The summed E-state index contributed by atoms with van der Waals surface area (Å²) in [6.45, 7) is 2.24. The molecule has 0 atom stereocenters. The fourth-order valence-corrected chi connectivity index (χ4v) is 2.77. The molecule has 2 N–H and O–H groups in total. The molecule has 2 aromatic heterocycles. The first-order valence-electron chi connectivity index (χ1n) is 7.56. The number of amides is 2. The van der Waals surface area contributed by atoms with Gasteiger partial charge in [0.1, 0.15) is 12.7 Å². The fourth-order valence-electron chi connectivity index (χ4n) is 2.24. The molecule has 0 bridgehead atoms. The van der Waals surface area contributed by atoms with Crippen LogP contribution >= 0.6 is 11.3 Å². The number of nitrogens with one attached hydrogen (secondary N) is 2. The molecule has 1 aromatic carbocycles. The molecule has 0 saturated carbocycles. The lowest BCUT2D eigenvalue weighted by atomic mass is 10.1. The topological polar surface area (TPSA) is 102 Å². The molecule has 0 aliphatic carbocycles. The van der Waals surface area contributed by atoms with E-state index in [-0.39, 0.29) is 18.2 Å². The number of aryl methyl sites for hydroxylation is 1. The predicted molar refractivity (Wildman–Crippen MR) is 94.5 cm³/mol. The summed E-state index contributed by atoms with van der Waals surface area (Å²) in [4.78, 5) is 32.4. The number of rotatable bonds is 6. The Labute approximate surface area is 147 Å². The Morgan fingerprint density at radius 2 is 2.16 bits per heavy atom. The van der Waals surface area contributed by atoms with Gasteiger partial charge in [-0.15, -0.1) is 11.3 Å². The third-order valence-electron chi connectivity index (χ3n) is 3.54. The van der Waals surface area contributed by atoms with Crippen LogP contribution in [0.2, 0.25) is 0 Å². The normalized spacial score (nSPS) is 10.4. The first-order chi connectivity index (χ1) is 12.1. The van der Waals surface area contributed by atoms with Crippen LogP contribution in [-0.2, 0) is 11.3 Å². The molecule has 0 unspecified atom stereocenters. The van der Waals surface area contributed by atoms with E-state index in [0.717, 1.165) is 0 Å². The minimum atomic E-state index is -0.258. The first kappa shape index (κ1) is 16.8. The smallest absolute Gasteiger partial charge is 0.257 e. The maximum absolute atomic E-state index is 12.4. The molecule has 8 nitrogen and oxygen atoms in total. The zero-order chi connectivity index (χ0) is 17.6. The summed E-state index contributed by atoms with van der Waals surface area (Å²) in [6.07, 6.45) is 4.87. The maximum atomic E-state index is 12.4. The summed E-state index contributed by atoms with van der Waals surface area (Å²) >= 11 is 1.35. The number of benzene rings is 1. The van der Waals surface area contributed by atoms with Crippen molar-refractivity contribution in [2.75, 3.05) is 10.6 Å².